The van der Waals surface area contributed by atoms with Gasteiger partial charge < -0.3 is 20.1 Å². The van der Waals surface area contributed by atoms with Crippen molar-refractivity contribution in [2.75, 3.05) is 19.7 Å². The maximum absolute atomic E-state index is 13.9. The molecule has 1 saturated heterocycles. The van der Waals surface area contributed by atoms with Gasteiger partial charge in [0.15, 0.2) is 0 Å². The highest BCUT2D eigenvalue weighted by atomic mass is 35.5. The summed E-state index contributed by atoms with van der Waals surface area (Å²) < 4.78 is 19.4. The van der Waals surface area contributed by atoms with Gasteiger partial charge in [0.1, 0.15) is 5.82 Å². The Kier molecular flexibility index (Phi) is 5.61. The average molecular weight is 331 g/mol. The van der Waals surface area contributed by atoms with Crippen LogP contribution in [0.4, 0.5) is 9.18 Å². The number of ether oxygens (including phenoxy) is 1. The topological polar surface area (TPSA) is 61.8 Å². The van der Waals surface area contributed by atoms with Crippen LogP contribution in [0.2, 0.25) is 5.02 Å². The van der Waals surface area contributed by atoms with Gasteiger partial charge in [0.2, 0.25) is 0 Å². The highest BCUT2D eigenvalue weighted by Crippen LogP contribution is 2.25. The van der Waals surface area contributed by atoms with E-state index in [0.29, 0.717) is 13.1 Å². The third-order valence-electron chi connectivity index (χ3n) is 3.59. The number of urea groups is 1. The first-order valence-corrected chi connectivity index (χ1v) is 7.55. The molecule has 0 saturated carbocycles. The summed E-state index contributed by atoms with van der Waals surface area (Å²) >= 11 is 6.00. The molecule has 5 nitrogen and oxygen atoms in total. The van der Waals surface area contributed by atoms with Gasteiger partial charge in [-0.2, -0.15) is 0 Å². The number of morpholine rings is 1. The summed E-state index contributed by atoms with van der Waals surface area (Å²) in [6.45, 7) is 4.07. The van der Waals surface area contributed by atoms with Gasteiger partial charge in [-0.05, 0) is 26.0 Å². The fraction of sp³-hybridized carbons (Fsp3) is 0.533. The number of benzene rings is 1. The van der Waals surface area contributed by atoms with Crippen molar-refractivity contribution in [3.05, 3.63) is 34.6 Å². The fourth-order valence-corrected chi connectivity index (χ4v) is 2.91. The Balaban J connectivity index is 2.05. The molecule has 122 valence electrons. The molecule has 1 heterocycles. The lowest BCUT2D eigenvalue weighted by Gasteiger charge is -2.36. The first-order chi connectivity index (χ1) is 10.4. The lowest BCUT2D eigenvalue weighted by atomic mass is 10.1. The molecule has 0 aliphatic carbocycles. The SMILES string of the molecule is C[C@@H]1CN(C(=O)N[C@H](C)c2c(F)cccc2Cl)C[C@@H](CO)O1. The molecule has 2 amide bonds. The molecule has 0 radical (unpaired) electrons. The summed E-state index contributed by atoms with van der Waals surface area (Å²) in [5.74, 6) is -0.455. The largest absolute Gasteiger partial charge is 0.394 e. The van der Waals surface area contributed by atoms with Crippen LogP contribution < -0.4 is 5.32 Å². The lowest BCUT2D eigenvalue weighted by Crippen LogP contribution is -2.53. The van der Waals surface area contributed by atoms with E-state index in [1.807, 2.05) is 6.92 Å². The van der Waals surface area contributed by atoms with Crippen LogP contribution in [0.15, 0.2) is 18.2 Å². The van der Waals surface area contributed by atoms with Crippen molar-refractivity contribution in [1.29, 1.82) is 0 Å². The predicted octanol–water partition coefficient (Wildman–Crippen LogP) is 2.33. The van der Waals surface area contributed by atoms with E-state index in [1.54, 1.807) is 17.9 Å². The van der Waals surface area contributed by atoms with Gasteiger partial charge in [0.25, 0.3) is 0 Å². The molecule has 0 aromatic heterocycles. The zero-order valence-corrected chi connectivity index (χ0v) is 13.3. The summed E-state index contributed by atoms with van der Waals surface area (Å²) in [6.07, 6.45) is -0.564. The number of rotatable bonds is 3. The molecule has 1 aliphatic rings. The van der Waals surface area contributed by atoms with Crippen LogP contribution in [0.5, 0.6) is 0 Å². The smallest absolute Gasteiger partial charge is 0.318 e. The summed E-state index contributed by atoms with van der Waals surface area (Å²) in [5, 5.41) is 12.2. The summed E-state index contributed by atoms with van der Waals surface area (Å²) in [7, 11) is 0. The number of nitrogens with one attached hydrogen (secondary N) is 1. The van der Waals surface area contributed by atoms with Gasteiger partial charge in [0, 0.05) is 17.1 Å². The summed E-state index contributed by atoms with van der Waals surface area (Å²) in [6, 6.07) is 3.52. The quantitative estimate of drug-likeness (QED) is 0.894. The predicted molar refractivity (Wildman–Crippen MR) is 81.4 cm³/mol. The maximum Gasteiger partial charge on any atom is 0.318 e. The Hall–Kier alpha value is -1.37. The van der Waals surface area contributed by atoms with E-state index in [0.717, 1.165) is 0 Å². The number of nitrogens with zero attached hydrogens (tertiary/aromatic N) is 1. The van der Waals surface area contributed by atoms with Crippen molar-refractivity contribution in [1.82, 2.24) is 10.2 Å². The zero-order valence-electron chi connectivity index (χ0n) is 12.6. The third kappa shape index (κ3) is 3.88. The lowest BCUT2D eigenvalue weighted by molar-refractivity contribution is -0.0835. The second-order valence-electron chi connectivity index (χ2n) is 5.46. The van der Waals surface area contributed by atoms with Gasteiger partial charge in [-0.25, -0.2) is 9.18 Å². The number of aliphatic hydroxyl groups excluding tert-OH is 1. The van der Waals surface area contributed by atoms with Crippen LogP contribution in [0.25, 0.3) is 0 Å². The Bertz CT molecular complexity index is 523. The van der Waals surface area contributed by atoms with Crippen LogP contribution in [-0.4, -0.2) is 47.9 Å². The first-order valence-electron chi connectivity index (χ1n) is 7.18. The molecule has 3 atom stereocenters. The molecule has 7 heteroatoms. The Morgan fingerprint density at radius 1 is 1.59 bits per heavy atom. The third-order valence-corrected chi connectivity index (χ3v) is 3.92. The van der Waals surface area contributed by atoms with Crippen LogP contribution in [0.1, 0.15) is 25.5 Å². The normalized spacial score (nSPS) is 23.2. The second-order valence-corrected chi connectivity index (χ2v) is 5.87. The molecule has 0 unspecified atom stereocenters. The van der Waals surface area contributed by atoms with E-state index >= 15 is 0 Å². The number of hydrogen-bond donors (Lipinski definition) is 2. The van der Waals surface area contributed by atoms with E-state index in [4.69, 9.17) is 16.3 Å². The van der Waals surface area contributed by atoms with Crippen molar-refractivity contribution >= 4 is 17.6 Å². The molecular weight excluding hydrogens is 311 g/mol. The Morgan fingerprint density at radius 3 is 2.95 bits per heavy atom. The standard InChI is InChI=1S/C15H20ClFN2O3/c1-9-6-19(7-11(8-20)22-9)15(21)18-10(2)14-12(16)4-3-5-13(14)17/h3-5,9-11,20H,6-8H2,1-2H3,(H,18,21)/t9-,10-,11+/m1/s1. The minimum atomic E-state index is -0.563. The summed E-state index contributed by atoms with van der Waals surface area (Å²) in [4.78, 5) is 13.9. The van der Waals surface area contributed by atoms with E-state index in [-0.39, 0.29) is 29.3 Å². The monoisotopic (exact) mass is 330 g/mol. The molecule has 1 aromatic rings. The van der Waals surface area contributed by atoms with E-state index < -0.39 is 18.0 Å². The number of carbonyl (C=O) groups excluding carboxylic acids is 1. The number of hydrogen-bond acceptors (Lipinski definition) is 3. The van der Waals surface area contributed by atoms with E-state index in [2.05, 4.69) is 5.32 Å². The van der Waals surface area contributed by atoms with Crippen molar-refractivity contribution in [2.24, 2.45) is 0 Å². The Labute approximate surface area is 134 Å². The molecular formula is C15H20ClFN2O3. The van der Waals surface area contributed by atoms with E-state index in [9.17, 15) is 14.3 Å². The average Bonchev–Trinajstić information content (AvgIpc) is 2.46. The van der Waals surface area contributed by atoms with Crippen molar-refractivity contribution in [2.45, 2.75) is 32.1 Å². The van der Waals surface area contributed by atoms with Gasteiger partial charge in [-0.15, -0.1) is 0 Å². The number of carbonyl (C=O) groups is 1. The molecule has 0 spiro atoms. The first kappa shape index (κ1) is 17.0. The molecule has 1 fully saturated rings. The summed E-state index contributed by atoms with van der Waals surface area (Å²) in [5.41, 5.74) is 0.262. The molecule has 0 bridgehead atoms. The van der Waals surface area contributed by atoms with Crippen molar-refractivity contribution in [3.8, 4) is 0 Å². The van der Waals surface area contributed by atoms with Crippen molar-refractivity contribution < 1.29 is 19.0 Å². The van der Waals surface area contributed by atoms with Crippen LogP contribution in [0.3, 0.4) is 0 Å². The van der Waals surface area contributed by atoms with Gasteiger partial charge in [-0.1, -0.05) is 17.7 Å². The molecule has 2 N–H and O–H groups in total. The molecule has 1 aliphatic heterocycles. The van der Waals surface area contributed by atoms with Gasteiger partial charge in [0.05, 0.1) is 31.4 Å². The molecule has 2 rings (SSSR count). The molecule has 1 aromatic carbocycles. The number of halogens is 2. The highest BCUT2D eigenvalue weighted by Gasteiger charge is 2.29. The maximum atomic E-state index is 13.9. The number of amides is 2. The zero-order chi connectivity index (χ0) is 16.3. The highest BCUT2D eigenvalue weighted by molar-refractivity contribution is 6.31. The Morgan fingerprint density at radius 2 is 2.32 bits per heavy atom. The van der Waals surface area contributed by atoms with Crippen LogP contribution in [0, 0.1) is 5.82 Å². The van der Waals surface area contributed by atoms with Crippen molar-refractivity contribution in [3.63, 3.8) is 0 Å². The van der Waals surface area contributed by atoms with Gasteiger partial charge in [-0.3, -0.25) is 0 Å². The number of aliphatic hydroxyl groups is 1. The minimum absolute atomic E-state index is 0.150. The van der Waals surface area contributed by atoms with Crippen LogP contribution >= 0.6 is 11.6 Å². The second kappa shape index (κ2) is 7.26. The van der Waals surface area contributed by atoms with E-state index in [1.165, 1.54) is 12.1 Å². The molecule has 22 heavy (non-hydrogen) atoms. The van der Waals surface area contributed by atoms with Crippen LogP contribution in [-0.2, 0) is 4.74 Å². The fourth-order valence-electron chi connectivity index (χ4n) is 2.58. The van der Waals surface area contributed by atoms with Gasteiger partial charge >= 0.3 is 6.03 Å². The minimum Gasteiger partial charge on any atom is -0.394 e.